The van der Waals surface area contributed by atoms with Crippen molar-refractivity contribution < 1.29 is 23.0 Å². The largest absolute Gasteiger partial charge is 0.478 e. The van der Waals surface area contributed by atoms with Gasteiger partial charge in [0.2, 0.25) is 11.5 Å². The second kappa shape index (κ2) is 6.08. The highest BCUT2D eigenvalue weighted by atomic mass is 19.1. The number of carbonyl (C=O) groups is 1. The predicted molar refractivity (Wildman–Crippen MR) is 87.5 cm³/mol. The molecule has 1 fully saturated rings. The van der Waals surface area contributed by atoms with Crippen LogP contribution in [0.4, 0.5) is 14.6 Å². The third-order valence-electron chi connectivity index (χ3n) is 4.37. The molecule has 4 rings (SSSR count). The fourth-order valence-electron chi connectivity index (χ4n) is 3.00. The monoisotopic (exact) mass is 362 g/mol. The van der Waals surface area contributed by atoms with Crippen LogP contribution >= 0.6 is 0 Å². The lowest BCUT2D eigenvalue weighted by Gasteiger charge is -2.28. The van der Waals surface area contributed by atoms with Gasteiger partial charge in [0.25, 0.3) is 5.91 Å². The molecule has 0 bridgehead atoms. The first-order valence-electron chi connectivity index (χ1n) is 8.04. The summed E-state index contributed by atoms with van der Waals surface area (Å²) < 4.78 is 38.8. The van der Waals surface area contributed by atoms with E-state index in [9.17, 15) is 13.6 Å². The number of ether oxygens (including phenoxy) is 2. The third kappa shape index (κ3) is 2.69. The van der Waals surface area contributed by atoms with Gasteiger partial charge >= 0.3 is 0 Å². The molecular weight excluding hydrogens is 346 g/mol. The molecule has 0 N–H and O–H groups in total. The van der Waals surface area contributed by atoms with E-state index in [-0.39, 0.29) is 36.2 Å². The van der Waals surface area contributed by atoms with Crippen LogP contribution in [0, 0.1) is 11.6 Å². The van der Waals surface area contributed by atoms with Gasteiger partial charge in [-0.05, 0) is 12.1 Å². The van der Waals surface area contributed by atoms with Gasteiger partial charge in [0.05, 0.1) is 25.5 Å². The number of rotatable bonds is 2. The van der Waals surface area contributed by atoms with Crippen molar-refractivity contribution in [2.45, 2.75) is 12.2 Å². The smallest absolute Gasteiger partial charge is 0.274 e. The fraction of sp³-hybridized carbons (Fsp3) is 0.353. The number of hydrogen-bond acceptors (Lipinski definition) is 6. The number of amides is 1. The first kappa shape index (κ1) is 16.5. The van der Waals surface area contributed by atoms with Crippen LogP contribution in [0.15, 0.2) is 24.5 Å². The second-order valence-electron chi connectivity index (χ2n) is 6.36. The molecule has 9 heteroatoms. The number of hydrogen-bond donors (Lipinski definition) is 0. The zero-order valence-electron chi connectivity index (χ0n) is 14.1. The molecule has 2 aliphatic rings. The van der Waals surface area contributed by atoms with Crippen molar-refractivity contribution in [3.05, 3.63) is 41.9 Å². The molecule has 2 aliphatic heterocycles. The Bertz CT molecular complexity index is 821. The van der Waals surface area contributed by atoms with Gasteiger partial charge in [0.1, 0.15) is 11.5 Å². The summed E-state index contributed by atoms with van der Waals surface area (Å²) in [5.41, 5.74) is 0.184. The molecule has 136 valence electrons. The number of carbonyl (C=O) groups excluding carboxylic acids is 1. The van der Waals surface area contributed by atoms with E-state index in [1.54, 1.807) is 4.90 Å². The number of nitrogens with zero attached hydrogens (tertiary/aromatic N) is 4. The number of aromatic nitrogens is 2. The number of anilines is 1. The van der Waals surface area contributed by atoms with E-state index in [1.807, 2.05) is 14.1 Å². The Morgan fingerprint density at radius 2 is 1.65 bits per heavy atom. The Morgan fingerprint density at radius 3 is 2.12 bits per heavy atom. The van der Waals surface area contributed by atoms with Crippen LogP contribution in [0.1, 0.15) is 10.5 Å². The van der Waals surface area contributed by atoms with E-state index in [4.69, 9.17) is 9.47 Å². The topological polar surface area (TPSA) is 67.8 Å². The lowest BCUT2D eigenvalue weighted by atomic mass is 10.2. The van der Waals surface area contributed by atoms with Crippen molar-refractivity contribution in [3.8, 4) is 11.5 Å². The maximum absolute atomic E-state index is 13.9. The number of halogens is 2. The highest BCUT2D eigenvalue weighted by Crippen LogP contribution is 2.40. The zero-order valence-corrected chi connectivity index (χ0v) is 14.1. The zero-order chi connectivity index (χ0) is 18.4. The van der Waals surface area contributed by atoms with Gasteiger partial charge in [-0.3, -0.25) is 4.79 Å². The molecule has 1 saturated heterocycles. The minimum absolute atomic E-state index is 0.184. The highest BCUT2D eigenvalue weighted by Gasteiger charge is 2.44. The average molecular weight is 362 g/mol. The predicted octanol–water partition coefficient (Wildman–Crippen LogP) is 1.49. The van der Waals surface area contributed by atoms with Gasteiger partial charge in [-0.15, -0.1) is 0 Å². The Hall–Kier alpha value is -2.97. The number of fused-ring (bicyclic) bond motifs is 2. The van der Waals surface area contributed by atoms with Crippen LogP contribution in [0.25, 0.3) is 0 Å². The molecule has 7 nitrogen and oxygen atoms in total. The summed E-state index contributed by atoms with van der Waals surface area (Å²) in [7, 11) is 3.64. The molecule has 0 unspecified atom stereocenters. The van der Waals surface area contributed by atoms with Gasteiger partial charge in [-0.2, -0.15) is 0 Å². The van der Waals surface area contributed by atoms with Crippen molar-refractivity contribution in [2.75, 3.05) is 32.1 Å². The van der Waals surface area contributed by atoms with Gasteiger partial charge in [-0.1, -0.05) is 0 Å². The summed E-state index contributed by atoms with van der Waals surface area (Å²) in [6.45, 7) is 0.381. The Labute approximate surface area is 148 Å². The van der Waals surface area contributed by atoms with Crippen molar-refractivity contribution in [2.24, 2.45) is 0 Å². The summed E-state index contributed by atoms with van der Waals surface area (Å²) in [4.78, 5) is 24.2. The van der Waals surface area contributed by atoms with Crippen molar-refractivity contribution in [3.63, 3.8) is 0 Å². The molecule has 0 saturated carbocycles. The first-order chi connectivity index (χ1) is 12.4. The van der Waals surface area contributed by atoms with Crippen LogP contribution in [-0.4, -0.2) is 60.2 Å². The minimum atomic E-state index is -0.699. The molecular formula is C17H16F2N4O3. The van der Waals surface area contributed by atoms with Gasteiger partial charge in [0.15, 0.2) is 23.8 Å². The standard InChI is InChI=1S/C17H16F2N4O3/c1-22(2)14-6-20-11(5-21-14)17(24)23-7-12-13(8-23)26-16-10(19)4-3-9(18)15(16)25-12/h3-6,12-13H,7-8H2,1-2H3/t12-,13+. The molecule has 0 aliphatic carbocycles. The number of likely N-dealkylation sites (tertiary alicyclic amines) is 1. The summed E-state index contributed by atoms with van der Waals surface area (Å²) in [5.74, 6) is -1.62. The maximum Gasteiger partial charge on any atom is 0.274 e. The molecule has 26 heavy (non-hydrogen) atoms. The molecule has 2 aromatic rings. The Kier molecular flexibility index (Phi) is 3.86. The lowest BCUT2D eigenvalue weighted by Crippen LogP contribution is -2.39. The molecule has 1 aromatic carbocycles. The quantitative estimate of drug-likeness (QED) is 0.806. The Morgan fingerprint density at radius 1 is 1.08 bits per heavy atom. The first-order valence-corrected chi connectivity index (χ1v) is 8.04. The Balaban J connectivity index is 1.52. The SMILES string of the molecule is CN(C)c1cnc(C(=O)N2C[C@@H]3Oc4c(F)ccc(F)c4O[C@@H]3C2)cn1. The summed E-state index contributed by atoms with van der Waals surface area (Å²) in [6, 6.07) is 1.97. The van der Waals surface area contributed by atoms with E-state index in [1.165, 1.54) is 17.3 Å². The van der Waals surface area contributed by atoms with Crippen LogP contribution in [0.5, 0.6) is 11.5 Å². The van der Waals surface area contributed by atoms with Crippen LogP contribution in [-0.2, 0) is 0 Å². The van der Waals surface area contributed by atoms with Crippen LogP contribution < -0.4 is 14.4 Å². The lowest BCUT2D eigenvalue weighted by molar-refractivity contribution is 0.0467. The molecule has 1 amide bonds. The molecule has 0 radical (unpaired) electrons. The molecule has 2 atom stereocenters. The van der Waals surface area contributed by atoms with Gasteiger partial charge in [-0.25, -0.2) is 18.7 Å². The number of benzene rings is 1. The minimum Gasteiger partial charge on any atom is -0.478 e. The molecule has 3 heterocycles. The van der Waals surface area contributed by atoms with E-state index < -0.39 is 23.8 Å². The third-order valence-corrected chi connectivity index (χ3v) is 4.37. The summed E-state index contributed by atoms with van der Waals surface area (Å²) in [6.07, 6.45) is 1.76. The van der Waals surface area contributed by atoms with Crippen molar-refractivity contribution in [1.29, 1.82) is 0 Å². The van der Waals surface area contributed by atoms with Crippen LogP contribution in [0.3, 0.4) is 0 Å². The van der Waals surface area contributed by atoms with Crippen molar-refractivity contribution >= 4 is 11.7 Å². The maximum atomic E-state index is 13.9. The second-order valence-corrected chi connectivity index (χ2v) is 6.36. The van der Waals surface area contributed by atoms with Crippen LogP contribution in [0.2, 0.25) is 0 Å². The molecule has 1 aromatic heterocycles. The summed E-state index contributed by atoms with van der Waals surface area (Å²) in [5, 5.41) is 0. The van der Waals surface area contributed by atoms with Gasteiger partial charge < -0.3 is 19.3 Å². The normalized spacial score (nSPS) is 20.7. The molecule has 0 spiro atoms. The van der Waals surface area contributed by atoms with Gasteiger partial charge in [0, 0.05) is 14.1 Å². The highest BCUT2D eigenvalue weighted by molar-refractivity contribution is 5.92. The van der Waals surface area contributed by atoms with E-state index >= 15 is 0 Å². The van der Waals surface area contributed by atoms with E-state index in [2.05, 4.69) is 9.97 Å². The van der Waals surface area contributed by atoms with E-state index in [0.29, 0.717) is 5.82 Å². The van der Waals surface area contributed by atoms with Crippen molar-refractivity contribution in [1.82, 2.24) is 14.9 Å². The van der Waals surface area contributed by atoms with E-state index in [0.717, 1.165) is 12.1 Å². The fourth-order valence-corrected chi connectivity index (χ4v) is 3.00. The summed E-state index contributed by atoms with van der Waals surface area (Å²) >= 11 is 0. The average Bonchev–Trinajstić information content (AvgIpc) is 3.06.